The summed E-state index contributed by atoms with van der Waals surface area (Å²) in [4.78, 5) is 22.5. The summed E-state index contributed by atoms with van der Waals surface area (Å²) < 4.78 is 5.04. The third-order valence-corrected chi connectivity index (χ3v) is 3.49. The van der Waals surface area contributed by atoms with Crippen molar-refractivity contribution in [2.24, 2.45) is 0 Å². The number of nitriles is 1. The van der Waals surface area contributed by atoms with Crippen LogP contribution in [0.25, 0.3) is 0 Å². The van der Waals surface area contributed by atoms with E-state index >= 15 is 0 Å². The van der Waals surface area contributed by atoms with Gasteiger partial charge in [0.1, 0.15) is 17.4 Å². The van der Waals surface area contributed by atoms with E-state index in [2.05, 4.69) is 10.6 Å². The van der Waals surface area contributed by atoms with E-state index in [1.807, 2.05) is 0 Å². The van der Waals surface area contributed by atoms with Crippen molar-refractivity contribution in [3.05, 3.63) is 69.4 Å². The first-order chi connectivity index (χ1) is 12.4. The molecule has 2 aromatic rings. The van der Waals surface area contributed by atoms with Crippen LogP contribution in [-0.4, -0.2) is 17.9 Å². The van der Waals surface area contributed by atoms with Gasteiger partial charge in [0.2, 0.25) is 0 Å². The number of halogens is 1. The molecule has 0 unspecified atom stereocenters. The second-order valence-corrected chi connectivity index (χ2v) is 5.35. The molecule has 26 heavy (non-hydrogen) atoms. The van der Waals surface area contributed by atoms with E-state index < -0.39 is 10.8 Å². The Balaban J connectivity index is 2.16. The minimum atomic E-state index is -0.693. The van der Waals surface area contributed by atoms with E-state index in [0.717, 1.165) is 0 Å². The van der Waals surface area contributed by atoms with Crippen LogP contribution in [-0.2, 0) is 4.79 Å². The number of ether oxygens (including phenoxy) is 1. The SMILES string of the molecule is COc1cc([N+](=O)[O-])ccc1NC(=O)/C(C#N)=C\Nc1ccc(Cl)cc1. The van der Waals surface area contributed by atoms with E-state index in [-0.39, 0.29) is 22.7 Å². The van der Waals surface area contributed by atoms with Gasteiger partial charge in [-0.1, -0.05) is 11.6 Å². The summed E-state index contributed by atoms with van der Waals surface area (Å²) >= 11 is 5.79. The number of nitro groups is 1. The quantitative estimate of drug-likeness (QED) is 0.345. The van der Waals surface area contributed by atoms with Crippen LogP contribution in [0.1, 0.15) is 0 Å². The minimum Gasteiger partial charge on any atom is -0.494 e. The van der Waals surface area contributed by atoms with Crippen LogP contribution in [0.5, 0.6) is 5.75 Å². The molecule has 1 amide bonds. The fourth-order valence-electron chi connectivity index (χ4n) is 1.94. The molecule has 0 aromatic heterocycles. The Morgan fingerprint density at radius 3 is 2.58 bits per heavy atom. The standard InChI is InChI=1S/C17H13ClN4O4/c1-26-16-8-14(22(24)25)6-7-15(16)21-17(23)11(9-19)10-20-13-4-2-12(18)3-5-13/h2-8,10,20H,1H3,(H,21,23)/b11-10-. The number of benzene rings is 2. The average molecular weight is 373 g/mol. The number of non-ortho nitro benzene ring substituents is 1. The van der Waals surface area contributed by atoms with Crippen molar-refractivity contribution >= 4 is 34.6 Å². The number of nitrogens with one attached hydrogen (secondary N) is 2. The van der Waals surface area contributed by atoms with E-state index in [4.69, 9.17) is 16.3 Å². The van der Waals surface area contributed by atoms with Gasteiger partial charge in [-0.25, -0.2) is 0 Å². The van der Waals surface area contributed by atoms with Crippen LogP contribution >= 0.6 is 11.6 Å². The molecule has 0 aliphatic rings. The van der Waals surface area contributed by atoms with Gasteiger partial charge < -0.3 is 15.4 Å². The molecule has 2 rings (SSSR count). The number of amides is 1. The van der Waals surface area contributed by atoms with E-state index in [0.29, 0.717) is 10.7 Å². The van der Waals surface area contributed by atoms with E-state index in [9.17, 15) is 20.2 Å². The van der Waals surface area contributed by atoms with Gasteiger partial charge in [0.15, 0.2) is 0 Å². The monoisotopic (exact) mass is 372 g/mol. The first-order valence-electron chi connectivity index (χ1n) is 7.20. The van der Waals surface area contributed by atoms with Gasteiger partial charge in [0.05, 0.1) is 23.8 Å². The number of nitrogens with zero attached hydrogens (tertiary/aromatic N) is 2. The highest BCUT2D eigenvalue weighted by molar-refractivity contribution is 6.30. The normalized spacial score (nSPS) is 10.6. The van der Waals surface area contributed by atoms with Crippen LogP contribution in [0.3, 0.4) is 0 Å². The number of carbonyl (C=O) groups is 1. The van der Waals surface area contributed by atoms with Crippen LogP contribution in [0.4, 0.5) is 17.1 Å². The second-order valence-electron chi connectivity index (χ2n) is 4.92. The van der Waals surface area contributed by atoms with Crippen LogP contribution < -0.4 is 15.4 Å². The summed E-state index contributed by atoms with van der Waals surface area (Å²) in [6, 6.07) is 12.2. The first-order valence-corrected chi connectivity index (χ1v) is 7.58. The average Bonchev–Trinajstić information content (AvgIpc) is 2.63. The van der Waals surface area contributed by atoms with Gasteiger partial charge in [-0.15, -0.1) is 0 Å². The first kappa shape index (κ1) is 18.8. The molecule has 0 saturated carbocycles. The number of methoxy groups -OCH3 is 1. The molecule has 132 valence electrons. The smallest absolute Gasteiger partial charge is 0.273 e. The lowest BCUT2D eigenvalue weighted by atomic mass is 10.2. The molecule has 2 N–H and O–H groups in total. The maximum absolute atomic E-state index is 12.3. The summed E-state index contributed by atoms with van der Waals surface area (Å²) in [6.07, 6.45) is 1.25. The highest BCUT2D eigenvalue weighted by Gasteiger charge is 2.15. The zero-order valence-electron chi connectivity index (χ0n) is 13.5. The summed E-state index contributed by atoms with van der Waals surface area (Å²) in [6.45, 7) is 0. The number of nitro benzene ring substituents is 1. The Morgan fingerprint density at radius 2 is 2.00 bits per heavy atom. The molecule has 0 aliphatic carbocycles. The van der Waals surface area contributed by atoms with Crippen LogP contribution in [0, 0.1) is 21.4 Å². The molecule has 0 bridgehead atoms. The van der Waals surface area contributed by atoms with Gasteiger partial charge in [-0.2, -0.15) is 5.26 Å². The molecule has 0 atom stereocenters. The van der Waals surface area contributed by atoms with Crippen molar-refractivity contribution in [2.75, 3.05) is 17.7 Å². The number of rotatable bonds is 6. The molecule has 0 spiro atoms. The fourth-order valence-corrected chi connectivity index (χ4v) is 2.06. The van der Waals surface area contributed by atoms with Gasteiger partial charge in [0, 0.05) is 23.0 Å². The predicted molar refractivity (Wildman–Crippen MR) is 97.0 cm³/mol. The molecule has 0 fully saturated rings. The molecule has 9 heteroatoms. The summed E-state index contributed by atoms with van der Waals surface area (Å²) in [5.74, 6) is -0.586. The third-order valence-electron chi connectivity index (χ3n) is 3.24. The van der Waals surface area contributed by atoms with E-state index in [1.165, 1.54) is 31.5 Å². The third kappa shape index (κ3) is 4.72. The lowest BCUT2D eigenvalue weighted by Crippen LogP contribution is -2.15. The molecular formula is C17H13ClN4O4. The van der Waals surface area contributed by atoms with Gasteiger partial charge in [0.25, 0.3) is 11.6 Å². The van der Waals surface area contributed by atoms with Crippen LogP contribution in [0.15, 0.2) is 54.2 Å². The van der Waals surface area contributed by atoms with Crippen LogP contribution in [0.2, 0.25) is 5.02 Å². The minimum absolute atomic E-state index is 0.107. The summed E-state index contributed by atoms with van der Waals surface area (Å²) in [7, 11) is 1.32. The van der Waals surface area contributed by atoms with Crippen molar-refractivity contribution in [1.29, 1.82) is 5.26 Å². The Labute approximate surface area is 153 Å². The summed E-state index contributed by atoms with van der Waals surface area (Å²) in [5.41, 5.74) is 0.472. The topological polar surface area (TPSA) is 117 Å². The Morgan fingerprint density at radius 1 is 1.31 bits per heavy atom. The van der Waals surface area contributed by atoms with Crippen molar-refractivity contribution in [3.63, 3.8) is 0 Å². The summed E-state index contributed by atoms with van der Waals surface area (Å²) in [5, 5.41) is 25.8. The molecule has 2 aromatic carbocycles. The largest absolute Gasteiger partial charge is 0.494 e. The molecule has 0 heterocycles. The van der Waals surface area contributed by atoms with E-state index in [1.54, 1.807) is 30.3 Å². The highest BCUT2D eigenvalue weighted by Crippen LogP contribution is 2.29. The number of carbonyl (C=O) groups excluding carboxylic acids is 1. The zero-order valence-corrected chi connectivity index (χ0v) is 14.3. The molecule has 0 radical (unpaired) electrons. The maximum Gasteiger partial charge on any atom is 0.273 e. The van der Waals surface area contributed by atoms with Gasteiger partial charge in [-0.05, 0) is 30.3 Å². The zero-order chi connectivity index (χ0) is 19.1. The Bertz CT molecular complexity index is 904. The highest BCUT2D eigenvalue weighted by atomic mass is 35.5. The molecule has 0 aliphatic heterocycles. The lowest BCUT2D eigenvalue weighted by molar-refractivity contribution is -0.384. The van der Waals surface area contributed by atoms with Gasteiger partial charge >= 0.3 is 0 Å². The fraction of sp³-hybridized carbons (Fsp3) is 0.0588. The second kappa shape index (κ2) is 8.50. The maximum atomic E-state index is 12.3. The van der Waals surface area contributed by atoms with Crippen molar-refractivity contribution in [2.45, 2.75) is 0 Å². The molecule has 8 nitrogen and oxygen atoms in total. The van der Waals surface area contributed by atoms with Crippen molar-refractivity contribution in [1.82, 2.24) is 0 Å². The number of hydrogen-bond donors (Lipinski definition) is 2. The molecular weight excluding hydrogens is 360 g/mol. The number of hydrogen-bond acceptors (Lipinski definition) is 6. The van der Waals surface area contributed by atoms with Crippen molar-refractivity contribution < 1.29 is 14.5 Å². The lowest BCUT2D eigenvalue weighted by Gasteiger charge is -2.09. The predicted octanol–water partition coefficient (Wildman–Crippen LogP) is 3.71. The molecule has 0 saturated heterocycles. The van der Waals surface area contributed by atoms with Crippen molar-refractivity contribution in [3.8, 4) is 11.8 Å². The van der Waals surface area contributed by atoms with Gasteiger partial charge in [-0.3, -0.25) is 14.9 Å². The Kier molecular flexibility index (Phi) is 6.14. The Hall–Kier alpha value is -3.57. The number of anilines is 2.